The van der Waals surface area contributed by atoms with Crippen molar-refractivity contribution in [2.45, 2.75) is 25.8 Å². The molecule has 0 unspecified atom stereocenters. The molecule has 0 saturated carbocycles. The molecule has 1 aromatic heterocycles. The van der Waals surface area contributed by atoms with Crippen LogP contribution in [0.4, 0.5) is 5.69 Å². The van der Waals surface area contributed by atoms with Crippen molar-refractivity contribution in [3.63, 3.8) is 0 Å². The van der Waals surface area contributed by atoms with Crippen molar-refractivity contribution >= 4 is 5.69 Å². The van der Waals surface area contributed by atoms with Gasteiger partial charge in [0.05, 0.1) is 17.4 Å². The lowest BCUT2D eigenvalue weighted by molar-refractivity contribution is 0.212. The molecule has 0 amide bonds. The van der Waals surface area contributed by atoms with Crippen molar-refractivity contribution in [2.75, 3.05) is 25.9 Å². The van der Waals surface area contributed by atoms with Gasteiger partial charge in [-0.05, 0) is 39.9 Å². The zero-order chi connectivity index (χ0) is 10.1. The topological polar surface area (TPSA) is 47.1 Å². The Kier molecular flexibility index (Phi) is 2.46. The van der Waals surface area contributed by atoms with E-state index in [0.717, 1.165) is 24.5 Å². The zero-order valence-corrected chi connectivity index (χ0v) is 8.90. The molecule has 0 spiro atoms. The quantitative estimate of drug-likeness (QED) is 0.726. The molecule has 78 valence electrons. The van der Waals surface area contributed by atoms with E-state index in [0.29, 0.717) is 6.04 Å². The fourth-order valence-corrected chi connectivity index (χ4v) is 1.94. The molecule has 14 heavy (non-hydrogen) atoms. The van der Waals surface area contributed by atoms with Gasteiger partial charge in [0.1, 0.15) is 0 Å². The number of nitrogens with zero attached hydrogens (tertiary/aromatic N) is 3. The second-order valence-electron chi connectivity index (χ2n) is 4.18. The highest BCUT2D eigenvalue weighted by atomic mass is 15.3. The molecule has 0 bridgehead atoms. The van der Waals surface area contributed by atoms with Crippen molar-refractivity contribution < 1.29 is 0 Å². The molecule has 1 aliphatic heterocycles. The Morgan fingerprint density at radius 3 is 2.57 bits per heavy atom. The summed E-state index contributed by atoms with van der Waals surface area (Å²) >= 11 is 0. The van der Waals surface area contributed by atoms with Crippen molar-refractivity contribution in [1.82, 2.24) is 14.7 Å². The molecule has 0 aliphatic carbocycles. The summed E-state index contributed by atoms with van der Waals surface area (Å²) in [5.41, 5.74) is 7.54. The van der Waals surface area contributed by atoms with E-state index in [4.69, 9.17) is 5.73 Å². The molecule has 1 saturated heterocycles. The molecule has 0 radical (unpaired) electrons. The molecule has 4 nitrogen and oxygen atoms in total. The monoisotopic (exact) mass is 194 g/mol. The highest BCUT2D eigenvalue weighted by Gasteiger charge is 2.19. The van der Waals surface area contributed by atoms with Gasteiger partial charge in [0.15, 0.2) is 0 Å². The van der Waals surface area contributed by atoms with E-state index in [1.807, 2.05) is 17.8 Å². The van der Waals surface area contributed by atoms with Gasteiger partial charge in [-0.1, -0.05) is 0 Å². The summed E-state index contributed by atoms with van der Waals surface area (Å²) in [7, 11) is 2.17. The first-order chi connectivity index (χ1) is 6.66. The maximum Gasteiger partial charge on any atom is 0.0823 e. The van der Waals surface area contributed by atoms with Crippen LogP contribution in [0.15, 0.2) is 6.20 Å². The number of nitrogens with two attached hydrogens (primary N) is 1. The van der Waals surface area contributed by atoms with Crippen LogP contribution in [0.5, 0.6) is 0 Å². The Labute approximate surface area is 84.7 Å². The average Bonchev–Trinajstić information content (AvgIpc) is 2.48. The lowest BCUT2D eigenvalue weighted by Gasteiger charge is -2.28. The zero-order valence-electron chi connectivity index (χ0n) is 8.90. The molecule has 2 rings (SSSR count). The number of likely N-dealkylation sites (tertiary alicyclic amines) is 1. The largest absolute Gasteiger partial charge is 0.396 e. The summed E-state index contributed by atoms with van der Waals surface area (Å²) in [5.74, 6) is 0. The van der Waals surface area contributed by atoms with Crippen molar-refractivity contribution in [2.24, 2.45) is 0 Å². The van der Waals surface area contributed by atoms with Crippen LogP contribution in [0, 0.1) is 6.92 Å². The first-order valence-corrected chi connectivity index (χ1v) is 5.16. The highest BCUT2D eigenvalue weighted by Crippen LogP contribution is 2.22. The number of hydrogen-bond donors (Lipinski definition) is 1. The van der Waals surface area contributed by atoms with Gasteiger partial charge in [0.2, 0.25) is 0 Å². The Morgan fingerprint density at radius 2 is 2.07 bits per heavy atom. The SMILES string of the molecule is Cc1nn(C2CCN(C)CC2)cc1N. The summed E-state index contributed by atoms with van der Waals surface area (Å²) in [6.45, 7) is 4.27. The standard InChI is InChI=1S/C10H18N4/c1-8-10(11)7-14(12-8)9-3-5-13(2)6-4-9/h7,9H,3-6,11H2,1-2H3. The molecule has 1 aliphatic rings. The second-order valence-corrected chi connectivity index (χ2v) is 4.18. The van der Waals surface area contributed by atoms with E-state index in [-0.39, 0.29) is 0 Å². The van der Waals surface area contributed by atoms with Gasteiger partial charge in [0, 0.05) is 6.20 Å². The summed E-state index contributed by atoms with van der Waals surface area (Å²) in [6, 6.07) is 0.544. The number of hydrogen-bond acceptors (Lipinski definition) is 3. The molecule has 0 atom stereocenters. The molecular weight excluding hydrogens is 176 g/mol. The molecule has 2 heterocycles. The Bertz CT molecular complexity index is 290. The van der Waals surface area contributed by atoms with Crippen molar-refractivity contribution in [3.8, 4) is 0 Å². The normalized spacial score (nSPS) is 20.1. The van der Waals surface area contributed by atoms with Crippen LogP contribution >= 0.6 is 0 Å². The molecular formula is C10H18N4. The predicted molar refractivity (Wildman–Crippen MR) is 57.1 cm³/mol. The maximum absolute atomic E-state index is 5.78. The minimum absolute atomic E-state index is 0.544. The van der Waals surface area contributed by atoms with Crippen LogP contribution in [0.2, 0.25) is 0 Å². The van der Waals surface area contributed by atoms with Gasteiger partial charge >= 0.3 is 0 Å². The van der Waals surface area contributed by atoms with E-state index >= 15 is 0 Å². The molecule has 0 aromatic carbocycles. The molecule has 4 heteroatoms. The van der Waals surface area contributed by atoms with Gasteiger partial charge in [0.25, 0.3) is 0 Å². The van der Waals surface area contributed by atoms with Crippen LogP contribution in [-0.2, 0) is 0 Å². The van der Waals surface area contributed by atoms with Crippen LogP contribution in [0.25, 0.3) is 0 Å². The highest BCUT2D eigenvalue weighted by molar-refractivity contribution is 5.39. The third-order valence-electron chi connectivity index (χ3n) is 3.02. The van der Waals surface area contributed by atoms with Crippen LogP contribution < -0.4 is 5.73 Å². The smallest absolute Gasteiger partial charge is 0.0823 e. The van der Waals surface area contributed by atoms with Crippen LogP contribution in [-0.4, -0.2) is 34.8 Å². The molecule has 1 aromatic rings. The summed E-state index contributed by atoms with van der Waals surface area (Å²) in [4.78, 5) is 2.36. The second kappa shape index (κ2) is 3.61. The summed E-state index contributed by atoms with van der Waals surface area (Å²) in [6.07, 6.45) is 4.32. The maximum atomic E-state index is 5.78. The number of aryl methyl sites for hydroxylation is 1. The Morgan fingerprint density at radius 1 is 1.43 bits per heavy atom. The van der Waals surface area contributed by atoms with E-state index in [2.05, 4.69) is 17.0 Å². The van der Waals surface area contributed by atoms with Gasteiger partial charge in [-0.15, -0.1) is 0 Å². The first kappa shape index (κ1) is 9.52. The van der Waals surface area contributed by atoms with Crippen molar-refractivity contribution in [3.05, 3.63) is 11.9 Å². The van der Waals surface area contributed by atoms with Gasteiger partial charge in [-0.3, -0.25) is 4.68 Å². The summed E-state index contributed by atoms with van der Waals surface area (Å²) < 4.78 is 2.04. The van der Waals surface area contributed by atoms with Crippen LogP contribution in [0.3, 0.4) is 0 Å². The first-order valence-electron chi connectivity index (χ1n) is 5.16. The fraction of sp³-hybridized carbons (Fsp3) is 0.700. The number of rotatable bonds is 1. The average molecular weight is 194 g/mol. The predicted octanol–water partition coefficient (Wildman–Crippen LogP) is 1.04. The van der Waals surface area contributed by atoms with E-state index in [1.54, 1.807) is 0 Å². The third kappa shape index (κ3) is 1.75. The molecule has 1 fully saturated rings. The summed E-state index contributed by atoms with van der Waals surface area (Å²) in [5, 5.41) is 4.43. The van der Waals surface area contributed by atoms with Gasteiger partial charge < -0.3 is 10.6 Å². The number of anilines is 1. The number of piperidine rings is 1. The van der Waals surface area contributed by atoms with Gasteiger partial charge in [-0.25, -0.2) is 0 Å². The van der Waals surface area contributed by atoms with E-state index in [1.165, 1.54) is 12.8 Å². The van der Waals surface area contributed by atoms with Crippen LogP contribution in [0.1, 0.15) is 24.6 Å². The molecule has 2 N–H and O–H groups in total. The third-order valence-corrected chi connectivity index (χ3v) is 3.02. The van der Waals surface area contributed by atoms with Crippen molar-refractivity contribution in [1.29, 1.82) is 0 Å². The lowest BCUT2D eigenvalue weighted by atomic mass is 10.1. The van der Waals surface area contributed by atoms with E-state index < -0.39 is 0 Å². The van der Waals surface area contributed by atoms with Gasteiger partial charge in [-0.2, -0.15) is 5.10 Å². The Hall–Kier alpha value is -1.03. The minimum Gasteiger partial charge on any atom is -0.396 e. The van der Waals surface area contributed by atoms with E-state index in [9.17, 15) is 0 Å². The fourth-order valence-electron chi connectivity index (χ4n) is 1.94. The lowest BCUT2D eigenvalue weighted by Crippen LogP contribution is -2.31. The number of nitrogen functional groups attached to an aromatic ring is 1. The Balaban J connectivity index is 2.08. The number of aromatic nitrogens is 2. The minimum atomic E-state index is 0.544.